The van der Waals surface area contributed by atoms with Gasteiger partial charge in [0.2, 0.25) is 0 Å². The Morgan fingerprint density at radius 1 is 1.08 bits per heavy atom. The number of nitrogens with zero attached hydrogens (tertiary/aromatic N) is 2. The van der Waals surface area contributed by atoms with E-state index in [0.29, 0.717) is 13.2 Å². The highest BCUT2D eigenvalue weighted by molar-refractivity contribution is 7.51. The van der Waals surface area contributed by atoms with Crippen LogP contribution in [-0.2, 0) is 18.5 Å². The fraction of sp³-hybridized carbons (Fsp3) is 1.00. The van der Waals surface area contributed by atoms with Crippen molar-refractivity contribution in [3.8, 4) is 0 Å². The SMILES string of the molecule is CCCCN(C1CC(C)(C)N(OC)C(C)(C)C1)P1(=O)OCC(C)(C)CO1. The molecule has 0 unspecified atom stereocenters. The Balaban J connectivity index is 2.28. The molecule has 2 heterocycles. The van der Waals surface area contributed by atoms with Gasteiger partial charge in [-0.25, -0.2) is 9.24 Å². The molecule has 0 atom stereocenters. The highest BCUT2D eigenvalue weighted by Crippen LogP contribution is 2.59. The van der Waals surface area contributed by atoms with Gasteiger partial charge in [0.05, 0.1) is 20.3 Å². The average molecular weight is 391 g/mol. The lowest BCUT2D eigenvalue weighted by atomic mass is 9.79. The highest BCUT2D eigenvalue weighted by Gasteiger charge is 2.52. The molecule has 0 spiro atoms. The van der Waals surface area contributed by atoms with E-state index in [1.165, 1.54) is 0 Å². The second-order valence-corrected chi connectivity index (χ2v) is 11.8. The van der Waals surface area contributed by atoms with Gasteiger partial charge in [-0.15, -0.1) is 0 Å². The van der Waals surface area contributed by atoms with Crippen LogP contribution in [0.1, 0.15) is 74.1 Å². The van der Waals surface area contributed by atoms with Gasteiger partial charge in [0, 0.05) is 29.1 Å². The smallest absolute Gasteiger partial charge is 0.301 e. The summed E-state index contributed by atoms with van der Waals surface area (Å²) < 4.78 is 27.5. The predicted octanol–water partition coefficient (Wildman–Crippen LogP) is 4.85. The standard InChI is InChI=1S/C19H39N2O4P/c1-9-10-11-20(26(22)24-14-17(2,3)15-25-26)16-12-18(4,5)21(23-8)19(6,7)13-16/h16H,9-15H2,1-8H3. The molecule has 0 aromatic rings. The van der Waals surface area contributed by atoms with Crippen LogP contribution < -0.4 is 0 Å². The molecule has 0 saturated carbocycles. The average Bonchev–Trinajstić information content (AvgIpc) is 2.49. The summed E-state index contributed by atoms with van der Waals surface area (Å²) in [6.45, 7) is 16.7. The van der Waals surface area contributed by atoms with Crippen molar-refractivity contribution in [1.29, 1.82) is 0 Å². The number of hydrogen-bond acceptors (Lipinski definition) is 5. The van der Waals surface area contributed by atoms with Crippen molar-refractivity contribution in [3.05, 3.63) is 0 Å². The maximum atomic E-state index is 13.6. The topological polar surface area (TPSA) is 51.2 Å². The molecule has 2 aliphatic heterocycles. The molecule has 2 rings (SSSR count). The van der Waals surface area contributed by atoms with Crippen LogP contribution in [0.2, 0.25) is 0 Å². The Kier molecular flexibility index (Phi) is 6.70. The normalized spacial score (nSPS) is 28.3. The van der Waals surface area contributed by atoms with Crippen LogP contribution >= 0.6 is 7.75 Å². The van der Waals surface area contributed by atoms with Gasteiger partial charge in [0.1, 0.15) is 0 Å². The fourth-order valence-corrected chi connectivity index (χ4v) is 6.83. The molecule has 154 valence electrons. The monoisotopic (exact) mass is 390 g/mol. The van der Waals surface area contributed by atoms with Crippen molar-refractivity contribution in [2.45, 2.75) is 91.3 Å². The minimum absolute atomic E-state index is 0.0949. The third-order valence-corrected chi connectivity index (χ3v) is 7.53. The Bertz CT molecular complexity index is 504. The minimum Gasteiger partial charge on any atom is -0.301 e. The quantitative estimate of drug-likeness (QED) is 0.604. The van der Waals surface area contributed by atoms with Crippen LogP contribution in [0.15, 0.2) is 0 Å². The summed E-state index contributed by atoms with van der Waals surface area (Å²) in [7, 11) is -1.54. The molecular formula is C19H39N2O4P. The summed E-state index contributed by atoms with van der Waals surface area (Å²) in [6.07, 6.45) is 3.74. The van der Waals surface area contributed by atoms with E-state index in [-0.39, 0.29) is 22.5 Å². The van der Waals surface area contributed by atoms with Crippen molar-refractivity contribution in [3.63, 3.8) is 0 Å². The lowest BCUT2D eigenvalue weighted by Crippen LogP contribution is -2.63. The second-order valence-electron chi connectivity index (χ2n) is 9.86. The van der Waals surface area contributed by atoms with Crippen molar-refractivity contribution in [1.82, 2.24) is 9.73 Å². The number of piperidine rings is 1. The summed E-state index contributed by atoms with van der Waals surface area (Å²) in [5.74, 6) is 0. The van der Waals surface area contributed by atoms with Crippen LogP contribution in [0.3, 0.4) is 0 Å². The molecule has 6 nitrogen and oxygen atoms in total. The molecule has 2 saturated heterocycles. The summed E-state index contributed by atoms with van der Waals surface area (Å²) in [6, 6.07) is 0.130. The Labute approximate surface area is 160 Å². The van der Waals surface area contributed by atoms with E-state index in [0.717, 1.165) is 32.2 Å². The van der Waals surface area contributed by atoms with E-state index in [9.17, 15) is 4.57 Å². The van der Waals surface area contributed by atoms with Gasteiger partial charge >= 0.3 is 7.75 Å². The van der Waals surface area contributed by atoms with Crippen LogP contribution in [0.25, 0.3) is 0 Å². The van der Waals surface area contributed by atoms with E-state index in [1.807, 2.05) is 4.67 Å². The van der Waals surface area contributed by atoms with Crippen LogP contribution in [0.4, 0.5) is 0 Å². The van der Waals surface area contributed by atoms with Crippen LogP contribution in [-0.4, -0.2) is 53.7 Å². The van der Waals surface area contributed by atoms with Gasteiger partial charge in [-0.3, -0.25) is 9.05 Å². The molecule has 0 aromatic carbocycles. The van der Waals surface area contributed by atoms with E-state index in [2.05, 4.69) is 53.5 Å². The van der Waals surface area contributed by atoms with Gasteiger partial charge in [-0.2, -0.15) is 5.06 Å². The molecule has 0 N–H and O–H groups in total. The first-order valence-corrected chi connectivity index (χ1v) is 11.4. The zero-order valence-electron chi connectivity index (χ0n) is 18.0. The number of hydroxylamine groups is 2. The number of unbranched alkanes of at least 4 members (excludes halogenated alkanes) is 1. The molecule has 26 heavy (non-hydrogen) atoms. The van der Waals surface area contributed by atoms with E-state index >= 15 is 0 Å². The number of hydrogen-bond donors (Lipinski definition) is 0. The van der Waals surface area contributed by atoms with E-state index in [4.69, 9.17) is 13.9 Å². The third kappa shape index (κ3) is 4.71. The largest absolute Gasteiger partial charge is 0.408 e. The molecule has 2 fully saturated rings. The minimum atomic E-state index is -3.27. The van der Waals surface area contributed by atoms with Gasteiger partial charge in [-0.1, -0.05) is 27.2 Å². The van der Waals surface area contributed by atoms with Crippen molar-refractivity contribution < 1.29 is 18.5 Å². The van der Waals surface area contributed by atoms with Crippen molar-refractivity contribution in [2.75, 3.05) is 26.9 Å². The van der Waals surface area contributed by atoms with Crippen molar-refractivity contribution >= 4 is 7.75 Å². The molecule has 0 aromatic heterocycles. The summed E-state index contributed by atoms with van der Waals surface area (Å²) >= 11 is 0. The van der Waals surface area contributed by atoms with Gasteiger partial charge < -0.3 is 4.84 Å². The second kappa shape index (κ2) is 7.81. The van der Waals surface area contributed by atoms with E-state index in [1.54, 1.807) is 7.11 Å². The highest BCUT2D eigenvalue weighted by atomic mass is 31.2. The summed E-state index contributed by atoms with van der Waals surface area (Å²) in [5.41, 5.74) is -0.429. The molecule has 0 radical (unpaired) electrons. The van der Waals surface area contributed by atoms with Crippen LogP contribution in [0.5, 0.6) is 0 Å². The summed E-state index contributed by atoms with van der Waals surface area (Å²) in [5, 5.41) is 2.08. The van der Waals surface area contributed by atoms with E-state index < -0.39 is 7.75 Å². The Hall–Kier alpha value is 0.0300. The van der Waals surface area contributed by atoms with Gasteiger partial charge in [0.25, 0.3) is 0 Å². The molecule has 2 aliphatic rings. The Morgan fingerprint density at radius 2 is 1.58 bits per heavy atom. The van der Waals surface area contributed by atoms with Crippen molar-refractivity contribution in [2.24, 2.45) is 5.41 Å². The lowest BCUT2D eigenvalue weighted by Gasteiger charge is -2.55. The van der Waals surface area contributed by atoms with Gasteiger partial charge in [-0.05, 0) is 47.0 Å². The molecular weight excluding hydrogens is 351 g/mol. The molecule has 7 heteroatoms. The van der Waals surface area contributed by atoms with Crippen LogP contribution in [0, 0.1) is 5.41 Å². The first kappa shape index (κ1) is 22.3. The lowest BCUT2D eigenvalue weighted by molar-refractivity contribution is -0.270. The number of rotatable bonds is 6. The first-order chi connectivity index (χ1) is 11.9. The first-order valence-electron chi connectivity index (χ1n) is 9.88. The zero-order chi connectivity index (χ0) is 19.8. The van der Waals surface area contributed by atoms with Gasteiger partial charge in [0.15, 0.2) is 0 Å². The Morgan fingerprint density at radius 3 is 2.00 bits per heavy atom. The maximum absolute atomic E-state index is 13.6. The molecule has 0 bridgehead atoms. The summed E-state index contributed by atoms with van der Waals surface area (Å²) in [4.78, 5) is 5.71. The predicted molar refractivity (Wildman–Crippen MR) is 105 cm³/mol. The molecule has 0 amide bonds. The molecule has 0 aliphatic carbocycles. The third-order valence-electron chi connectivity index (χ3n) is 5.47. The fourth-order valence-electron chi connectivity index (χ4n) is 4.48. The zero-order valence-corrected chi connectivity index (χ0v) is 18.9. The maximum Gasteiger partial charge on any atom is 0.408 e.